The van der Waals surface area contributed by atoms with Crippen molar-refractivity contribution in [1.29, 1.82) is 0 Å². The first-order chi connectivity index (χ1) is 5.21. The third-order valence-electron chi connectivity index (χ3n) is 1.33. The molecule has 0 bridgehead atoms. The summed E-state index contributed by atoms with van der Waals surface area (Å²) in [5, 5.41) is 8.34. The third kappa shape index (κ3) is 9.60. The molecule has 0 aliphatic rings. The highest BCUT2D eigenvalue weighted by atomic mass is 15.1. The van der Waals surface area contributed by atoms with E-state index >= 15 is 0 Å². The van der Waals surface area contributed by atoms with Gasteiger partial charge in [-0.25, -0.2) is 0 Å². The molecule has 0 amide bonds. The number of hydrogen-bond acceptors (Lipinski definition) is 2. The van der Waals surface area contributed by atoms with Gasteiger partial charge in [-0.15, -0.1) is 0 Å². The molecule has 0 aliphatic heterocycles. The fourth-order valence-electron chi connectivity index (χ4n) is 0.648. The van der Waals surface area contributed by atoms with Crippen molar-refractivity contribution in [2.75, 3.05) is 6.54 Å². The normalized spacial score (nSPS) is 14.2. The lowest BCUT2D eigenvalue weighted by Gasteiger charge is -2.16. The molecule has 0 rings (SSSR count). The molecule has 12 heavy (non-hydrogen) atoms. The second-order valence-corrected chi connectivity index (χ2v) is 5.45. The van der Waals surface area contributed by atoms with Crippen LogP contribution in [-0.4, -0.2) is 12.1 Å². The van der Waals surface area contributed by atoms with Crippen LogP contribution in [-0.2, 0) is 0 Å². The van der Waals surface area contributed by atoms with Gasteiger partial charge in [0.05, 0.1) is 12.1 Å². The van der Waals surface area contributed by atoms with Crippen molar-refractivity contribution >= 4 is 0 Å². The molecule has 0 aromatic carbocycles. The molecule has 0 saturated carbocycles. The van der Waals surface area contributed by atoms with Crippen molar-refractivity contribution in [3.05, 3.63) is 0 Å². The van der Waals surface area contributed by atoms with E-state index in [4.69, 9.17) is 0 Å². The van der Waals surface area contributed by atoms with Crippen molar-refractivity contribution in [2.45, 2.75) is 53.5 Å². The zero-order chi connectivity index (χ0) is 9.83. The summed E-state index contributed by atoms with van der Waals surface area (Å²) in [5.41, 5.74) is 0.356. The third-order valence-corrected chi connectivity index (χ3v) is 1.33. The maximum Gasteiger partial charge on any atom is 0.0732 e. The number of azo groups is 1. The van der Waals surface area contributed by atoms with E-state index in [1.54, 1.807) is 0 Å². The van der Waals surface area contributed by atoms with Crippen LogP contribution in [0.5, 0.6) is 0 Å². The van der Waals surface area contributed by atoms with E-state index in [-0.39, 0.29) is 5.54 Å². The molecule has 0 saturated heterocycles. The summed E-state index contributed by atoms with van der Waals surface area (Å²) in [7, 11) is 0. The van der Waals surface area contributed by atoms with Crippen LogP contribution < -0.4 is 0 Å². The predicted molar refractivity (Wildman–Crippen MR) is 53.5 cm³/mol. The second kappa shape index (κ2) is 4.01. The molecule has 0 radical (unpaired) electrons. The highest BCUT2D eigenvalue weighted by Crippen LogP contribution is 2.18. The van der Waals surface area contributed by atoms with Gasteiger partial charge < -0.3 is 0 Å². The van der Waals surface area contributed by atoms with Gasteiger partial charge in [-0.1, -0.05) is 20.8 Å². The van der Waals surface area contributed by atoms with E-state index in [1.165, 1.54) is 0 Å². The van der Waals surface area contributed by atoms with Gasteiger partial charge in [0.15, 0.2) is 0 Å². The summed E-state index contributed by atoms with van der Waals surface area (Å²) in [6.07, 6.45) is 1.10. The van der Waals surface area contributed by atoms with Crippen molar-refractivity contribution < 1.29 is 0 Å². The molecule has 0 aromatic rings. The van der Waals surface area contributed by atoms with Crippen molar-refractivity contribution in [2.24, 2.45) is 15.6 Å². The van der Waals surface area contributed by atoms with Gasteiger partial charge in [-0.3, -0.25) is 0 Å². The van der Waals surface area contributed by atoms with Gasteiger partial charge in [-0.05, 0) is 32.6 Å². The fraction of sp³-hybridized carbons (Fsp3) is 1.00. The van der Waals surface area contributed by atoms with E-state index in [9.17, 15) is 0 Å². The molecule has 2 nitrogen and oxygen atoms in total. The Morgan fingerprint density at radius 1 is 0.917 bits per heavy atom. The van der Waals surface area contributed by atoms with Crippen LogP contribution in [0.25, 0.3) is 0 Å². The summed E-state index contributed by atoms with van der Waals surface area (Å²) < 4.78 is 0. The Morgan fingerprint density at radius 2 is 1.42 bits per heavy atom. The molecule has 0 atom stereocenters. The average molecular weight is 170 g/mol. The Bertz CT molecular complexity index is 146. The summed E-state index contributed by atoms with van der Waals surface area (Å²) in [6, 6.07) is 0. The Kier molecular flexibility index (Phi) is 3.88. The summed E-state index contributed by atoms with van der Waals surface area (Å²) >= 11 is 0. The molecule has 0 spiro atoms. The van der Waals surface area contributed by atoms with Gasteiger partial charge >= 0.3 is 0 Å². The van der Waals surface area contributed by atoms with Crippen LogP contribution >= 0.6 is 0 Å². The maximum absolute atomic E-state index is 4.18. The van der Waals surface area contributed by atoms with Crippen LogP contribution in [0.15, 0.2) is 10.2 Å². The van der Waals surface area contributed by atoms with E-state index in [0.717, 1.165) is 13.0 Å². The summed E-state index contributed by atoms with van der Waals surface area (Å²) in [4.78, 5) is 0. The van der Waals surface area contributed by atoms with Gasteiger partial charge in [0, 0.05) is 0 Å². The highest BCUT2D eigenvalue weighted by molar-refractivity contribution is 4.68. The highest BCUT2D eigenvalue weighted by Gasteiger charge is 2.10. The van der Waals surface area contributed by atoms with E-state index in [0.29, 0.717) is 5.41 Å². The Balaban J connectivity index is 3.64. The number of rotatable bonds is 2. The molecule has 0 aromatic heterocycles. The van der Waals surface area contributed by atoms with E-state index < -0.39 is 0 Å². The van der Waals surface area contributed by atoms with Crippen molar-refractivity contribution in [3.8, 4) is 0 Å². The minimum Gasteiger partial charge on any atom is -0.194 e. The standard InChI is InChI=1S/C10H22N2/c1-9(2,3)7-8-11-12-10(4,5)6/h7-8H2,1-6H3. The zero-order valence-corrected chi connectivity index (χ0v) is 9.31. The molecule has 2 heteroatoms. The van der Waals surface area contributed by atoms with Gasteiger partial charge in [0.1, 0.15) is 0 Å². The largest absolute Gasteiger partial charge is 0.194 e. The SMILES string of the molecule is CC(C)(C)CCN=NC(C)(C)C. The number of hydrogen-bond donors (Lipinski definition) is 0. The Labute approximate surface area is 76.5 Å². The summed E-state index contributed by atoms with van der Waals surface area (Å²) in [5.74, 6) is 0. The van der Waals surface area contributed by atoms with Crippen LogP contribution in [0.2, 0.25) is 0 Å². The van der Waals surface area contributed by atoms with Crippen molar-refractivity contribution in [3.63, 3.8) is 0 Å². The quantitative estimate of drug-likeness (QED) is 0.565. The van der Waals surface area contributed by atoms with Gasteiger partial charge in [0.25, 0.3) is 0 Å². The molecule has 0 heterocycles. The summed E-state index contributed by atoms with van der Waals surface area (Å²) in [6.45, 7) is 13.7. The first kappa shape index (κ1) is 11.6. The Hall–Kier alpha value is -0.400. The average Bonchev–Trinajstić information content (AvgIpc) is 1.76. The predicted octanol–water partition coefficient (Wildman–Crippen LogP) is 3.67. The molecule has 0 N–H and O–H groups in total. The van der Waals surface area contributed by atoms with Crippen molar-refractivity contribution in [1.82, 2.24) is 0 Å². The minimum atomic E-state index is -0.0160. The topological polar surface area (TPSA) is 24.7 Å². The number of nitrogens with zero attached hydrogens (tertiary/aromatic N) is 2. The molecule has 0 unspecified atom stereocenters. The first-order valence-electron chi connectivity index (χ1n) is 4.59. The van der Waals surface area contributed by atoms with Crippen LogP contribution in [0.4, 0.5) is 0 Å². The minimum absolute atomic E-state index is 0.0160. The van der Waals surface area contributed by atoms with Crippen LogP contribution in [0, 0.1) is 5.41 Å². The monoisotopic (exact) mass is 170 g/mol. The maximum atomic E-state index is 4.18. The Morgan fingerprint density at radius 3 is 1.75 bits per heavy atom. The zero-order valence-electron chi connectivity index (χ0n) is 9.31. The lowest BCUT2D eigenvalue weighted by Crippen LogP contribution is -2.10. The fourth-order valence-corrected chi connectivity index (χ4v) is 0.648. The molecule has 0 fully saturated rings. The lowest BCUT2D eigenvalue weighted by molar-refractivity contribution is 0.378. The first-order valence-corrected chi connectivity index (χ1v) is 4.59. The molecule has 0 aliphatic carbocycles. The van der Waals surface area contributed by atoms with Gasteiger partial charge in [-0.2, -0.15) is 10.2 Å². The van der Waals surface area contributed by atoms with E-state index in [1.807, 2.05) is 0 Å². The molecular formula is C10H22N2. The molecular weight excluding hydrogens is 148 g/mol. The van der Waals surface area contributed by atoms with E-state index in [2.05, 4.69) is 51.8 Å². The second-order valence-electron chi connectivity index (χ2n) is 5.45. The van der Waals surface area contributed by atoms with Gasteiger partial charge in [0.2, 0.25) is 0 Å². The molecule has 72 valence electrons. The lowest BCUT2D eigenvalue weighted by atomic mass is 9.93. The van der Waals surface area contributed by atoms with Crippen LogP contribution in [0.3, 0.4) is 0 Å². The van der Waals surface area contributed by atoms with Crippen LogP contribution in [0.1, 0.15) is 48.0 Å². The smallest absolute Gasteiger partial charge is 0.0732 e.